The van der Waals surface area contributed by atoms with E-state index in [0.717, 1.165) is 5.56 Å². The summed E-state index contributed by atoms with van der Waals surface area (Å²) in [5.41, 5.74) is 1.09. The normalized spacial score (nSPS) is 10.2. The Hall–Kier alpha value is -4.06. The van der Waals surface area contributed by atoms with Crippen LogP contribution in [0.25, 0.3) is 11.5 Å². The number of nitro benzene ring substituents is 1. The van der Waals surface area contributed by atoms with E-state index in [2.05, 4.69) is 10.3 Å². The maximum absolute atomic E-state index is 11.2. The van der Waals surface area contributed by atoms with Crippen LogP contribution in [0.5, 0.6) is 11.5 Å². The number of aromatic nitrogens is 1. The summed E-state index contributed by atoms with van der Waals surface area (Å²) in [7, 11) is 3.14. The molecule has 1 N–H and O–H groups in total. The van der Waals surface area contributed by atoms with Gasteiger partial charge in [0.2, 0.25) is 17.5 Å². The first-order chi connectivity index (χ1) is 14.1. The number of nitro groups is 1. The molecule has 9 nitrogen and oxygen atoms in total. The Morgan fingerprint density at radius 1 is 1.21 bits per heavy atom. The van der Waals surface area contributed by atoms with E-state index in [1.54, 1.807) is 26.4 Å². The number of para-hydroxylation sites is 1. The zero-order valence-electron chi connectivity index (χ0n) is 15.8. The van der Waals surface area contributed by atoms with E-state index < -0.39 is 4.92 Å². The van der Waals surface area contributed by atoms with Crippen LogP contribution in [0.1, 0.15) is 11.3 Å². The molecule has 0 spiro atoms. The Kier molecular flexibility index (Phi) is 5.94. The van der Waals surface area contributed by atoms with Crippen molar-refractivity contribution in [2.24, 2.45) is 0 Å². The number of hydrogen-bond acceptors (Lipinski definition) is 8. The van der Waals surface area contributed by atoms with E-state index in [-0.39, 0.29) is 28.7 Å². The van der Waals surface area contributed by atoms with Crippen LogP contribution in [-0.2, 0) is 6.42 Å². The second-order valence-electron chi connectivity index (χ2n) is 5.95. The van der Waals surface area contributed by atoms with Crippen LogP contribution in [-0.4, -0.2) is 30.7 Å². The standard InChI is InChI=1S/C20H18N4O5/c1-27-17-8-7-13(11-18(17)28-2)9-10-22-20-15(12-21)23-19(29-20)14-5-3-4-6-16(14)24(25)26/h3-8,11,22H,9-10H2,1-2H3. The van der Waals surface area contributed by atoms with Crippen molar-refractivity contribution in [3.05, 3.63) is 63.8 Å². The third kappa shape index (κ3) is 4.27. The van der Waals surface area contributed by atoms with Crippen LogP contribution in [0.15, 0.2) is 46.9 Å². The third-order valence-electron chi connectivity index (χ3n) is 4.21. The Bertz CT molecular complexity index is 1070. The first-order valence-corrected chi connectivity index (χ1v) is 8.67. The number of nitrogens with one attached hydrogen (secondary N) is 1. The van der Waals surface area contributed by atoms with Gasteiger partial charge in [-0.1, -0.05) is 18.2 Å². The van der Waals surface area contributed by atoms with Gasteiger partial charge in [-0.3, -0.25) is 10.1 Å². The molecule has 0 bridgehead atoms. The second-order valence-corrected chi connectivity index (χ2v) is 5.95. The van der Waals surface area contributed by atoms with Crippen LogP contribution in [0.3, 0.4) is 0 Å². The molecule has 0 aliphatic carbocycles. The fourth-order valence-electron chi connectivity index (χ4n) is 2.80. The fraction of sp³-hybridized carbons (Fsp3) is 0.200. The summed E-state index contributed by atoms with van der Waals surface area (Å²) in [5.74, 6) is 1.45. The number of nitriles is 1. The van der Waals surface area contributed by atoms with Gasteiger partial charge >= 0.3 is 0 Å². The molecule has 29 heavy (non-hydrogen) atoms. The number of rotatable bonds is 8. The minimum Gasteiger partial charge on any atom is -0.493 e. The van der Waals surface area contributed by atoms with Crippen molar-refractivity contribution in [1.29, 1.82) is 5.26 Å². The molecule has 0 aliphatic heterocycles. The van der Waals surface area contributed by atoms with Crippen LogP contribution in [0.4, 0.5) is 11.6 Å². The predicted molar refractivity (Wildman–Crippen MR) is 105 cm³/mol. The molecule has 1 heterocycles. The minimum atomic E-state index is -0.518. The molecule has 0 unspecified atom stereocenters. The molecule has 3 aromatic rings. The molecular formula is C20H18N4O5. The van der Waals surface area contributed by atoms with Crippen LogP contribution < -0.4 is 14.8 Å². The van der Waals surface area contributed by atoms with Gasteiger partial charge in [0.05, 0.1) is 19.1 Å². The summed E-state index contributed by atoms with van der Waals surface area (Å²) in [6, 6.07) is 13.6. The van der Waals surface area contributed by atoms with Crippen molar-refractivity contribution in [3.63, 3.8) is 0 Å². The molecule has 0 aliphatic rings. The Morgan fingerprint density at radius 3 is 2.66 bits per heavy atom. The molecule has 0 saturated heterocycles. The number of nitrogens with zero attached hydrogens (tertiary/aromatic N) is 3. The maximum atomic E-state index is 11.2. The first kappa shape index (κ1) is 19.7. The SMILES string of the molecule is COc1ccc(CCNc2oc(-c3ccccc3[N+](=O)[O-])nc2C#N)cc1OC. The lowest BCUT2D eigenvalue weighted by molar-refractivity contribution is -0.384. The van der Waals surface area contributed by atoms with Gasteiger partial charge in [-0.2, -0.15) is 10.2 Å². The number of ether oxygens (including phenoxy) is 2. The lowest BCUT2D eigenvalue weighted by Crippen LogP contribution is -2.05. The summed E-state index contributed by atoms with van der Waals surface area (Å²) in [6.07, 6.45) is 0.618. The molecule has 0 radical (unpaired) electrons. The molecular weight excluding hydrogens is 376 g/mol. The van der Waals surface area contributed by atoms with Crippen molar-refractivity contribution in [3.8, 4) is 29.0 Å². The summed E-state index contributed by atoms with van der Waals surface area (Å²) >= 11 is 0. The van der Waals surface area contributed by atoms with Crippen molar-refractivity contribution in [2.45, 2.75) is 6.42 Å². The quantitative estimate of drug-likeness (QED) is 0.452. The van der Waals surface area contributed by atoms with E-state index in [0.29, 0.717) is 24.5 Å². The Morgan fingerprint density at radius 2 is 1.97 bits per heavy atom. The molecule has 148 valence electrons. The van der Waals surface area contributed by atoms with Gasteiger partial charge in [0, 0.05) is 12.6 Å². The highest BCUT2D eigenvalue weighted by atomic mass is 16.6. The van der Waals surface area contributed by atoms with E-state index in [4.69, 9.17) is 13.9 Å². The largest absolute Gasteiger partial charge is 0.493 e. The van der Waals surface area contributed by atoms with Gasteiger partial charge in [0.1, 0.15) is 11.6 Å². The zero-order chi connectivity index (χ0) is 20.8. The zero-order valence-corrected chi connectivity index (χ0v) is 15.8. The molecule has 0 fully saturated rings. The lowest BCUT2D eigenvalue weighted by atomic mass is 10.1. The average Bonchev–Trinajstić information content (AvgIpc) is 3.16. The highest BCUT2D eigenvalue weighted by Gasteiger charge is 2.21. The summed E-state index contributed by atoms with van der Waals surface area (Å²) in [6.45, 7) is 0.454. The molecule has 0 saturated carbocycles. The van der Waals surface area contributed by atoms with Gasteiger partial charge in [-0.05, 0) is 30.2 Å². The molecule has 1 aromatic heterocycles. The van der Waals surface area contributed by atoms with Crippen molar-refractivity contribution >= 4 is 11.6 Å². The second kappa shape index (κ2) is 8.75. The van der Waals surface area contributed by atoms with E-state index in [1.807, 2.05) is 24.3 Å². The van der Waals surface area contributed by atoms with Crippen molar-refractivity contribution < 1.29 is 18.8 Å². The molecule has 0 amide bonds. The number of methoxy groups -OCH3 is 2. The van der Waals surface area contributed by atoms with E-state index in [9.17, 15) is 15.4 Å². The highest BCUT2D eigenvalue weighted by Crippen LogP contribution is 2.32. The smallest absolute Gasteiger partial charge is 0.282 e. The number of benzene rings is 2. The minimum absolute atomic E-state index is 0.0162. The summed E-state index contributed by atoms with van der Waals surface area (Å²) < 4.78 is 16.1. The summed E-state index contributed by atoms with van der Waals surface area (Å²) in [5, 5.41) is 23.6. The van der Waals surface area contributed by atoms with Gasteiger partial charge in [-0.15, -0.1) is 0 Å². The summed E-state index contributed by atoms with van der Waals surface area (Å²) in [4.78, 5) is 14.8. The third-order valence-corrected chi connectivity index (χ3v) is 4.21. The lowest BCUT2D eigenvalue weighted by Gasteiger charge is -2.09. The molecule has 9 heteroatoms. The van der Waals surface area contributed by atoms with Gasteiger partial charge in [-0.25, -0.2) is 0 Å². The molecule has 3 rings (SSSR count). The number of anilines is 1. The Balaban J connectivity index is 1.76. The predicted octanol–water partition coefficient (Wildman–Crippen LogP) is 3.79. The monoisotopic (exact) mass is 394 g/mol. The average molecular weight is 394 g/mol. The van der Waals surface area contributed by atoms with Crippen LogP contribution in [0, 0.1) is 21.4 Å². The fourth-order valence-corrected chi connectivity index (χ4v) is 2.80. The van der Waals surface area contributed by atoms with Crippen molar-refractivity contribution in [2.75, 3.05) is 26.1 Å². The van der Waals surface area contributed by atoms with Gasteiger partial charge < -0.3 is 19.2 Å². The molecule has 0 atom stereocenters. The first-order valence-electron chi connectivity index (χ1n) is 8.67. The highest BCUT2D eigenvalue weighted by molar-refractivity contribution is 5.68. The van der Waals surface area contributed by atoms with Crippen LogP contribution >= 0.6 is 0 Å². The van der Waals surface area contributed by atoms with E-state index >= 15 is 0 Å². The number of oxazole rings is 1. The topological polar surface area (TPSA) is 123 Å². The van der Waals surface area contributed by atoms with Gasteiger partial charge in [0.25, 0.3) is 5.69 Å². The Labute approximate surface area is 166 Å². The molecule has 2 aromatic carbocycles. The number of hydrogen-bond donors (Lipinski definition) is 1. The van der Waals surface area contributed by atoms with E-state index in [1.165, 1.54) is 12.1 Å². The van der Waals surface area contributed by atoms with Crippen LogP contribution in [0.2, 0.25) is 0 Å². The van der Waals surface area contributed by atoms with Crippen molar-refractivity contribution in [1.82, 2.24) is 4.98 Å². The maximum Gasteiger partial charge on any atom is 0.282 e. The van der Waals surface area contributed by atoms with Gasteiger partial charge in [0.15, 0.2) is 11.5 Å².